The highest BCUT2D eigenvalue weighted by Crippen LogP contribution is 2.36. The van der Waals surface area contributed by atoms with Crippen LogP contribution in [0.1, 0.15) is 44.4 Å². The van der Waals surface area contributed by atoms with Gasteiger partial charge in [0.15, 0.2) is 0 Å². The fraction of sp³-hybridized carbons (Fsp3) is 0.350. The second kappa shape index (κ2) is 6.35. The molecule has 0 aliphatic carbocycles. The molecule has 0 atom stereocenters. The van der Waals surface area contributed by atoms with Gasteiger partial charge in [-0.25, -0.2) is 0 Å². The number of carbonyl (C=O) groups excluding carboxylic acids is 1. The van der Waals surface area contributed by atoms with Gasteiger partial charge in [0, 0.05) is 17.0 Å². The van der Waals surface area contributed by atoms with Crippen LogP contribution < -0.4 is 5.32 Å². The van der Waals surface area contributed by atoms with Crippen LogP contribution in [0.15, 0.2) is 48.5 Å². The topological polar surface area (TPSA) is 29.1 Å². The molecule has 22 heavy (non-hydrogen) atoms. The SMILES string of the molecule is Cc1ccc(NC(=O)C(C)C)c(C(C)(C)c2ccccc2)c1. The van der Waals surface area contributed by atoms with Gasteiger partial charge in [-0.1, -0.05) is 75.7 Å². The Hall–Kier alpha value is -2.09. The van der Waals surface area contributed by atoms with Crippen molar-refractivity contribution in [2.75, 3.05) is 5.32 Å². The van der Waals surface area contributed by atoms with Gasteiger partial charge in [-0.2, -0.15) is 0 Å². The molecule has 0 fully saturated rings. The van der Waals surface area contributed by atoms with E-state index in [1.54, 1.807) is 0 Å². The van der Waals surface area contributed by atoms with E-state index in [1.807, 2.05) is 32.0 Å². The summed E-state index contributed by atoms with van der Waals surface area (Å²) in [5, 5.41) is 3.07. The quantitative estimate of drug-likeness (QED) is 0.852. The maximum atomic E-state index is 12.1. The number of hydrogen-bond acceptors (Lipinski definition) is 1. The molecule has 0 saturated heterocycles. The van der Waals surface area contributed by atoms with Gasteiger partial charge in [-0.15, -0.1) is 0 Å². The standard InChI is InChI=1S/C20H25NO/c1-14(2)19(22)21-18-12-11-15(3)13-17(18)20(4,5)16-9-7-6-8-10-16/h6-14H,1-5H3,(H,21,22). The third-order valence-corrected chi connectivity index (χ3v) is 4.13. The van der Waals surface area contributed by atoms with Gasteiger partial charge >= 0.3 is 0 Å². The lowest BCUT2D eigenvalue weighted by Crippen LogP contribution is -2.24. The van der Waals surface area contributed by atoms with E-state index in [2.05, 4.69) is 56.4 Å². The normalized spacial score (nSPS) is 11.5. The highest BCUT2D eigenvalue weighted by molar-refractivity contribution is 5.93. The number of hydrogen-bond donors (Lipinski definition) is 1. The summed E-state index contributed by atoms with van der Waals surface area (Å²) in [6.45, 7) is 10.3. The van der Waals surface area contributed by atoms with E-state index >= 15 is 0 Å². The second-order valence-electron chi connectivity index (χ2n) is 6.68. The van der Waals surface area contributed by atoms with Crippen molar-refractivity contribution in [1.82, 2.24) is 0 Å². The number of nitrogens with one attached hydrogen (secondary N) is 1. The third kappa shape index (κ3) is 3.38. The largest absolute Gasteiger partial charge is 0.326 e. The number of aryl methyl sites for hydroxylation is 1. The first kappa shape index (κ1) is 16.3. The Morgan fingerprint density at radius 2 is 1.68 bits per heavy atom. The zero-order chi connectivity index (χ0) is 16.3. The van der Waals surface area contributed by atoms with Gasteiger partial charge in [0.25, 0.3) is 0 Å². The van der Waals surface area contributed by atoms with E-state index < -0.39 is 0 Å². The van der Waals surface area contributed by atoms with Crippen LogP contribution >= 0.6 is 0 Å². The summed E-state index contributed by atoms with van der Waals surface area (Å²) in [5.41, 5.74) is 4.31. The molecule has 2 aromatic rings. The molecule has 0 spiro atoms. The van der Waals surface area contributed by atoms with Gasteiger partial charge < -0.3 is 5.32 Å². The Kier molecular flexibility index (Phi) is 4.70. The number of anilines is 1. The van der Waals surface area contributed by atoms with Crippen molar-refractivity contribution >= 4 is 11.6 Å². The van der Waals surface area contributed by atoms with Crippen LogP contribution in [-0.2, 0) is 10.2 Å². The van der Waals surface area contributed by atoms with Crippen molar-refractivity contribution in [3.8, 4) is 0 Å². The first-order valence-corrected chi connectivity index (χ1v) is 7.80. The van der Waals surface area contributed by atoms with Crippen molar-refractivity contribution < 1.29 is 4.79 Å². The van der Waals surface area contributed by atoms with Crippen LogP contribution in [0.2, 0.25) is 0 Å². The smallest absolute Gasteiger partial charge is 0.226 e. The van der Waals surface area contributed by atoms with Crippen LogP contribution in [0.25, 0.3) is 0 Å². The van der Waals surface area contributed by atoms with Crippen molar-refractivity contribution in [1.29, 1.82) is 0 Å². The maximum absolute atomic E-state index is 12.1. The molecule has 0 aliphatic rings. The Morgan fingerprint density at radius 3 is 2.27 bits per heavy atom. The van der Waals surface area contributed by atoms with E-state index in [9.17, 15) is 4.79 Å². The fourth-order valence-electron chi connectivity index (χ4n) is 2.57. The summed E-state index contributed by atoms with van der Waals surface area (Å²) in [6.07, 6.45) is 0. The lowest BCUT2D eigenvalue weighted by Gasteiger charge is -2.29. The zero-order valence-corrected chi connectivity index (χ0v) is 14.1. The zero-order valence-electron chi connectivity index (χ0n) is 14.1. The fourth-order valence-corrected chi connectivity index (χ4v) is 2.57. The van der Waals surface area contributed by atoms with Gasteiger partial charge in [0.1, 0.15) is 0 Å². The minimum absolute atomic E-state index is 0.0333. The molecule has 0 radical (unpaired) electrons. The predicted octanol–water partition coefficient (Wildman–Crippen LogP) is 4.92. The maximum Gasteiger partial charge on any atom is 0.226 e. The van der Waals surface area contributed by atoms with Gasteiger partial charge in [0.2, 0.25) is 5.91 Å². The lowest BCUT2D eigenvalue weighted by molar-refractivity contribution is -0.118. The number of carbonyl (C=O) groups is 1. The number of rotatable bonds is 4. The Morgan fingerprint density at radius 1 is 1.05 bits per heavy atom. The van der Waals surface area contributed by atoms with Crippen molar-refractivity contribution in [3.05, 3.63) is 65.2 Å². The minimum atomic E-state index is -0.174. The van der Waals surface area contributed by atoms with E-state index in [4.69, 9.17) is 0 Å². The molecule has 2 nitrogen and oxygen atoms in total. The number of amides is 1. The van der Waals surface area contributed by atoms with E-state index in [0.717, 1.165) is 11.3 Å². The van der Waals surface area contributed by atoms with Crippen LogP contribution in [0, 0.1) is 12.8 Å². The summed E-state index contributed by atoms with van der Waals surface area (Å²) >= 11 is 0. The average molecular weight is 295 g/mol. The predicted molar refractivity (Wildman–Crippen MR) is 93.2 cm³/mol. The van der Waals surface area contributed by atoms with Crippen molar-refractivity contribution in [2.24, 2.45) is 5.92 Å². The van der Waals surface area contributed by atoms with Crippen LogP contribution in [0.3, 0.4) is 0 Å². The lowest BCUT2D eigenvalue weighted by atomic mass is 9.77. The summed E-state index contributed by atoms with van der Waals surface area (Å²) in [4.78, 5) is 12.1. The van der Waals surface area contributed by atoms with E-state index in [-0.39, 0.29) is 17.2 Å². The van der Waals surface area contributed by atoms with Gasteiger partial charge in [-0.3, -0.25) is 4.79 Å². The molecular formula is C20H25NO. The molecule has 0 unspecified atom stereocenters. The first-order chi connectivity index (χ1) is 10.3. The molecule has 2 aromatic carbocycles. The average Bonchev–Trinajstić information content (AvgIpc) is 2.49. The summed E-state index contributed by atoms with van der Waals surface area (Å²) in [5.74, 6) is 0.0166. The molecule has 1 N–H and O–H groups in total. The van der Waals surface area contributed by atoms with Gasteiger partial charge in [-0.05, 0) is 24.1 Å². The Balaban J connectivity index is 2.49. The monoisotopic (exact) mass is 295 g/mol. The molecular weight excluding hydrogens is 270 g/mol. The minimum Gasteiger partial charge on any atom is -0.326 e. The van der Waals surface area contributed by atoms with Crippen LogP contribution in [-0.4, -0.2) is 5.91 Å². The van der Waals surface area contributed by atoms with E-state index in [1.165, 1.54) is 11.1 Å². The Bertz CT molecular complexity index is 657. The highest BCUT2D eigenvalue weighted by Gasteiger charge is 2.26. The molecule has 2 rings (SSSR count). The first-order valence-electron chi connectivity index (χ1n) is 7.80. The van der Waals surface area contributed by atoms with Crippen LogP contribution in [0.4, 0.5) is 5.69 Å². The summed E-state index contributed by atoms with van der Waals surface area (Å²) in [6, 6.07) is 16.6. The summed E-state index contributed by atoms with van der Waals surface area (Å²) in [7, 11) is 0. The van der Waals surface area contributed by atoms with Crippen molar-refractivity contribution in [3.63, 3.8) is 0 Å². The summed E-state index contributed by atoms with van der Waals surface area (Å²) < 4.78 is 0. The molecule has 116 valence electrons. The Labute approximate surface area is 133 Å². The molecule has 2 heteroatoms. The van der Waals surface area contributed by atoms with E-state index in [0.29, 0.717) is 0 Å². The molecule has 0 aliphatic heterocycles. The third-order valence-electron chi connectivity index (χ3n) is 4.13. The van der Waals surface area contributed by atoms with Gasteiger partial charge in [0.05, 0.1) is 0 Å². The van der Waals surface area contributed by atoms with Crippen LogP contribution in [0.5, 0.6) is 0 Å². The highest BCUT2D eigenvalue weighted by atomic mass is 16.1. The number of benzene rings is 2. The molecule has 0 bridgehead atoms. The molecule has 0 aromatic heterocycles. The van der Waals surface area contributed by atoms with Crippen molar-refractivity contribution in [2.45, 2.75) is 40.0 Å². The molecule has 1 amide bonds. The molecule has 0 heterocycles. The second-order valence-corrected chi connectivity index (χ2v) is 6.68. The molecule has 0 saturated carbocycles.